The molecule has 0 atom stereocenters. The van der Waals surface area contributed by atoms with Crippen molar-refractivity contribution in [1.29, 1.82) is 0 Å². The van der Waals surface area contributed by atoms with E-state index in [1.165, 1.54) is 0 Å². The zero-order valence-electron chi connectivity index (χ0n) is 51.6. The van der Waals surface area contributed by atoms with Crippen molar-refractivity contribution in [3.05, 3.63) is 212 Å². The molecule has 88 heavy (non-hydrogen) atoms. The number of benzene rings is 8. The van der Waals surface area contributed by atoms with Crippen LogP contribution in [0.1, 0.15) is 120 Å². The Balaban J connectivity index is 1.29. The lowest BCUT2D eigenvalue weighted by atomic mass is 9.90. The quantitative estimate of drug-likeness (QED) is 0.0368. The highest BCUT2D eigenvalue weighted by molar-refractivity contribution is 6.02. The second-order valence-corrected chi connectivity index (χ2v) is 22.4. The van der Waals surface area contributed by atoms with E-state index in [4.69, 9.17) is 18.9 Å². The Morgan fingerprint density at radius 3 is 0.591 bits per heavy atom. The molecule has 0 aromatic heterocycles. The van der Waals surface area contributed by atoms with Crippen LogP contribution in [0.5, 0.6) is 23.0 Å². The molecule has 16 nitrogen and oxygen atoms in total. The fraction of sp³-hybridized carbons (Fsp3) is 0.278. The predicted octanol–water partition coefficient (Wildman–Crippen LogP) is 17.3. The number of aryl methyl sites for hydroxylation is 4. The largest absolute Gasteiger partial charge is 0.493 e. The van der Waals surface area contributed by atoms with Gasteiger partial charge < -0.3 is 61.5 Å². The number of carbonyl (C=O) groups excluding carboxylic acids is 4. The third-order valence-electron chi connectivity index (χ3n) is 14.6. The zero-order valence-corrected chi connectivity index (χ0v) is 51.6. The molecular formula is C72H80N8O8. The van der Waals surface area contributed by atoms with E-state index in [-0.39, 0.29) is 25.7 Å². The summed E-state index contributed by atoms with van der Waals surface area (Å²) in [7, 11) is 0. The van der Waals surface area contributed by atoms with E-state index < -0.39 is 24.1 Å². The molecule has 0 heterocycles. The molecule has 0 radical (unpaired) electrons. The molecule has 8 N–H and O–H groups in total. The summed E-state index contributed by atoms with van der Waals surface area (Å²) in [5, 5.41) is 24.6. The van der Waals surface area contributed by atoms with Gasteiger partial charge in [0.1, 0.15) is 23.0 Å². The third-order valence-corrected chi connectivity index (χ3v) is 14.6. The summed E-state index contributed by atoms with van der Waals surface area (Å²) in [6.45, 7) is 17.6. The minimum atomic E-state index is -0.450. The Morgan fingerprint density at radius 2 is 0.432 bits per heavy atom. The van der Waals surface area contributed by atoms with Crippen molar-refractivity contribution < 1.29 is 38.1 Å². The number of amides is 8. The minimum Gasteiger partial charge on any atom is -0.493 e. The van der Waals surface area contributed by atoms with Gasteiger partial charge in [-0.05, 0) is 150 Å². The maximum absolute atomic E-state index is 14.1. The lowest BCUT2D eigenvalue weighted by molar-refractivity contribution is 0.261. The normalized spacial score (nSPS) is 11.5. The number of hydrogen-bond acceptors (Lipinski definition) is 8. The molecule has 0 fully saturated rings. The number of rotatable bonds is 20. The van der Waals surface area contributed by atoms with Crippen LogP contribution in [0.3, 0.4) is 0 Å². The molecule has 0 spiro atoms. The number of carbonyl (C=O) groups is 4. The number of nitrogens with one attached hydrogen (secondary N) is 8. The lowest BCUT2D eigenvalue weighted by Gasteiger charge is -2.25. The van der Waals surface area contributed by atoms with Crippen molar-refractivity contribution >= 4 is 69.6 Å². The summed E-state index contributed by atoms with van der Waals surface area (Å²) in [5.74, 6) is 2.37. The molecule has 8 aromatic carbocycles. The fourth-order valence-electron chi connectivity index (χ4n) is 10.5. The van der Waals surface area contributed by atoms with Crippen LogP contribution in [0, 0.1) is 27.7 Å². The molecule has 16 heteroatoms. The predicted molar refractivity (Wildman–Crippen MR) is 355 cm³/mol. The molecule has 0 saturated carbocycles. The number of fused-ring (bicyclic) bond motifs is 8. The van der Waals surface area contributed by atoms with Gasteiger partial charge in [-0.15, -0.1) is 0 Å². The maximum atomic E-state index is 14.1. The van der Waals surface area contributed by atoms with E-state index in [1.807, 2.05) is 201 Å². The molecule has 0 unspecified atom stereocenters. The van der Waals surface area contributed by atoms with Gasteiger partial charge in [-0.1, -0.05) is 98.5 Å². The summed E-state index contributed by atoms with van der Waals surface area (Å²) in [5.41, 5.74) is 14.5. The Hall–Kier alpha value is -9.96. The fourth-order valence-corrected chi connectivity index (χ4v) is 10.5. The number of anilines is 8. The zero-order chi connectivity index (χ0) is 62.1. The molecule has 0 saturated heterocycles. The van der Waals surface area contributed by atoms with E-state index in [0.29, 0.717) is 121 Å². The summed E-state index contributed by atoms with van der Waals surface area (Å²) >= 11 is 0. The first-order valence-electron chi connectivity index (χ1n) is 30.3. The third kappa shape index (κ3) is 17.1. The molecule has 8 amide bonds. The molecule has 1 aliphatic rings. The van der Waals surface area contributed by atoms with Crippen molar-refractivity contribution in [3.8, 4) is 23.0 Å². The first-order valence-corrected chi connectivity index (χ1v) is 30.3. The van der Waals surface area contributed by atoms with Crippen LogP contribution in [0.25, 0.3) is 0 Å². The molecule has 1 aliphatic carbocycles. The average molecular weight is 1190 g/mol. The van der Waals surface area contributed by atoms with Gasteiger partial charge in [0.05, 0.1) is 26.4 Å². The Labute approximate surface area is 516 Å². The van der Waals surface area contributed by atoms with E-state index in [1.54, 1.807) is 0 Å². The van der Waals surface area contributed by atoms with Crippen LogP contribution in [0.15, 0.2) is 146 Å². The smallest absolute Gasteiger partial charge is 0.323 e. The Morgan fingerprint density at radius 1 is 0.273 bits per heavy atom. The van der Waals surface area contributed by atoms with Crippen LogP contribution in [-0.2, 0) is 25.7 Å². The van der Waals surface area contributed by atoms with Crippen molar-refractivity contribution in [2.24, 2.45) is 0 Å². The lowest BCUT2D eigenvalue weighted by Crippen LogP contribution is -2.21. The van der Waals surface area contributed by atoms with Crippen LogP contribution in [0.4, 0.5) is 64.7 Å². The first kappa shape index (κ1) is 62.6. The molecule has 8 bridgehead atoms. The first-order chi connectivity index (χ1) is 42.6. The van der Waals surface area contributed by atoms with Gasteiger partial charge in [0, 0.05) is 116 Å². The topological polar surface area (TPSA) is 201 Å². The van der Waals surface area contributed by atoms with Crippen LogP contribution in [0.2, 0.25) is 0 Å². The SMILES string of the molecule is CCCOc1c2cc(NC(=O)Nc3ccc(C)cc3)cc1Cc1cc(NC(=O)Nc3ccc(C)cc3)cc(c1OCCC)Cc1cc(NC(=O)Nc3ccc(C)cc3)cc(c1OCCC)Cc1cc(NC(=O)Nc3ccc(C)cc3)cc(c1OCCC)C2. The van der Waals surface area contributed by atoms with Gasteiger partial charge in [-0.25, -0.2) is 19.2 Å². The highest BCUT2D eigenvalue weighted by Gasteiger charge is 2.26. The van der Waals surface area contributed by atoms with E-state index >= 15 is 0 Å². The van der Waals surface area contributed by atoms with Gasteiger partial charge in [0.15, 0.2) is 0 Å². The van der Waals surface area contributed by atoms with Gasteiger partial charge in [-0.2, -0.15) is 0 Å². The van der Waals surface area contributed by atoms with Crippen LogP contribution in [-0.4, -0.2) is 50.6 Å². The summed E-state index contributed by atoms with van der Waals surface area (Å²) in [6.07, 6.45) is 3.60. The average Bonchev–Trinajstić information content (AvgIpc) is 2.95. The standard InChI is InChI=1S/C72H80N8O8/c1-9-29-85-65-49-33-51-39-62(78-70(82)74-58-23-15-46(6)16-24-58)41-53(66(51)86-30-10-2)35-55-43-64(80-72(84)76-60-27-19-48(8)20-28-60)44-56(68(55)88-32-12-4)36-54-42-63(79-71(83)75-59-25-17-47(7)18-26-59)40-52(67(54)87-31-11-3)34-50(65)38-61(37-49)77-69(81)73-57-21-13-45(5)14-22-57/h13-28,37-44H,9-12,29-36H2,1-8H3,(H2,73,77,81)(H2,74,78,82)(H2,75,79,83)(H2,76,80,84). The maximum Gasteiger partial charge on any atom is 0.323 e. The highest BCUT2D eigenvalue weighted by atomic mass is 16.5. The molecular weight excluding hydrogens is 1100 g/mol. The van der Waals surface area contributed by atoms with Crippen molar-refractivity contribution in [1.82, 2.24) is 0 Å². The number of hydrogen-bond donors (Lipinski definition) is 8. The summed E-state index contributed by atoms with van der Waals surface area (Å²) < 4.78 is 27.6. The minimum absolute atomic E-state index is 0.207. The van der Waals surface area contributed by atoms with Crippen molar-refractivity contribution in [2.45, 2.75) is 107 Å². The highest BCUT2D eigenvalue weighted by Crippen LogP contribution is 2.43. The van der Waals surface area contributed by atoms with Crippen LogP contribution < -0.4 is 61.5 Å². The van der Waals surface area contributed by atoms with Crippen molar-refractivity contribution in [2.75, 3.05) is 69.0 Å². The van der Waals surface area contributed by atoms with E-state index in [0.717, 1.165) is 66.8 Å². The summed E-state index contributed by atoms with van der Waals surface area (Å²) in [4.78, 5) is 56.5. The second-order valence-electron chi connectivity index (χ2n) is 22.4. The van der Waals surface area contributed by atoms with Gasteiger partial charge in [0.25, 0.3) is 0 Å². The second kappa shape index (κ2) is 29.9. The Bertz CT molecular complexity index is 3170. The summed E-state index contributed by atoms with van der Waals surface area (Å²) in [6, 6.07) is 43.9. The molecule has 9 rings (SSSR count). The number of urea groups is 4. The van der Waals surface area contributed by atoms with Gasteiger partial charge in [-0.3, -0.25) is 0 Å². The van der Waals surface area contributed by atoms with Gasteiger partial charge in [0.2, 0.25) is 0 Å². The molecule has 456 valence electrons. The van der Waals surface area contributed by atoms with E-state index in [9.17, 15) is 19.2 Å². The molecule has 0 aliphatic heterocycles. The molecule has 8 aromatic rings. The monoisotopic (exact) mass is 1180 g/mol. The van der Waals surface area contributed by atoms with E-state index in [2.05, 4.69) is 42.5 Å². The van der Waals surface area contributed by atoms with Gasteiger partial charge >= 0.3 is 24.1 Å². The number of ether oxygens (including phenoxy) is 4. The van der Waals surface area contributed by atoms with Crippen molar-refractivity contribution in [3.63, 3.8) is 0 Å². The Kier molecular flexibility index (Phi) is 21.3. The van der Waals surface area contributed by atoms with Crippen LogP contribution >= 0.6 is 0 Å².